The monoisotopic (exact) mass is 377 g/mol. The molecule has 130 valence electrons. The maximum absolute atomic E-state index is 5.69. The van der Waals surface area contributed by atoms with Crippen LogP contribution in [-0.4, -0.2) is 15.8 Å². The van der Waals surface area contributed by atoms with Crippen LogP contribution in [0.1, 0.15) is 28.5 Å². The number of nitrogens with zero attached hydrogens (tertiary/aromatic N) is 2. The second-order valence-electron chi connectivity index (χ2n) is 6.30. The molecule has 3 nitrogen and oxygen atoms in total. The maximum Gasteiger partial charge on any atom is 0.194 e. The molecule has 2 aromatic carbocycles. The Balaban J connectivity index is 1.64. The van der Waals surface area contributed by atoms with Gasteiger partial charge < -0.3 is 5.32 Å². The van der Waals surface area contributed by atoms with E-state index in [1.54, 1.807) is 11.3 Å². The van der Waals surface area contributed by atoms with Gasteiger partial charge in [-0.1, -0.05) is 54.1 Å². The van der Waals surface area contributed by atoms with Gasteiger partial charge in [-0.15, -0.1) is 11.3 Å². The molecule has 0 saturated carbocycles. The number of para-hydroxylation sites is 1. The molecule has 0 aliphatic carbocycles. The molecular weight excluding hydrogens is 358 g/mol. The second-order valence-corrected chi connectivity index (χ2v) is 7.63. The summed E-state index contributed by atoms with van der Waals surface area (Å²) in [6.07, 6.45) is 0.847. The van der Waals surface area contributed by atoms with E-state index in [1.165, 1.54) is 16.0 Å². The summed E-state index contributed by atoms with van der Waals surface area (Å²) < 4.78 is 0. The van der Waals surface area contributed by atoms with Crippen molar-refractivity contribution < 1.29 is 0 Å². The van der Waals surface area contributed by atoms with Crippen LogP contribution < -0.4 is 5.32 Å². The van der Waals surface area contributed by atoms with Crippen LogP contribution in [-0.2, 0) is 0 Å². The quantitative estimate of drug-likeness (QED) is 0.602. The Hall–Kier alpha value is -2.50. The molecule has 0 fully saturated rings. The van der Waals surface area contributed by atoms with Gasteiger partial charge in [-0.3, -0.25) is 0 Å². The average molecular weight is 378 g/mol. The number of hydrazone groups is 1. The number of benzene rings is 2. The highest BCUT2D eigenvalue weighted by Crippen LogP contribution is 2.34. The summed E-state index contributed by atoms with van der Waals surface area (Å²) in [5, 5.41) is 12.8. The molecule has 1 aliphatic heterocycles. The Morgan fingerprint density at radius 1 is 1.08 bits per heavy atom. The number of aryl methyl sites for hydroxylation is 1. The number of rotatable bonds is 3. The Kier molecular flexibility index (Phi) is 4.82. The lowest BCUT2D eigenvalue weighted by Crippen LogP contribution is -2.31. The van der Waals surface area contributed by atoms with E-state index in [0.717, 1.165) is 17.8 Å². The van der Waals surface area contributed by atoms with Gasteiger partial charge in [-0.2, -0.15) is 5.10 Å². The molecule has 0 saturated heterocycles. The van der Waals surface area contributed by atoms with Crippen LogP contribution >= 0.6 is 23.6 Å². The standard InChI is InChI=1S/C21H19N3S2/c1-15-9-11-16(12-10-15)19-14-18(20-8-5-13-26-20)23-24(19)21(25)22-17-6-3-2-4-7-17/h2-13,19H,14H2,1H3,(H,22,25). The van der Waals surface area contributed by atoms with E-state index in [0.29, 0.717) is 5.11 Å². The van der Waals surface area contributed by atoms with Crippen LogP contribution in [0.25, 0.3) is 0 Å². The van der Waals surface area contributed by atoms with Crippen LogP contribution in [0.2, 0.25) is 0 Å². The van der Waals surface area contributed by atoms with Crippen molar-refractivity contribution >= 4 is 40.1 Å². The second kappa shape index (κ2) is 7.40. The first-order valence-corrected chi connectivity index (χ1v) is 9.83. The molecule has 2 heterocycles. The third-order valence-electron chi connectivity index (χ3n) is 4.41. The zero-order valence-electron chi connectivity index (χ0n) is 14.4. The maximum atomic E-state index is 5.69. The van der Waals surface area contributed by atoms with E-state index in [1.807, 2.05) is 35.3 Å². The first kappa shape index (κ1) is 16.9. The number of hydrogen-bond donors (Lipinski definition) is 1. The highest BCUT2D eigenvalue weighted by molar-refractivity contribution is 7.80. The zero-order valence-corrected chi connectivity index (χ0v) is 16.1. The summed E-state index contributed by atoms with van der Waals surface area (Å²) in [7, 11) is 0. The Bertz CT molecular complexity index is 916. The van der Waals surface area contributed by atoms with Crippen LogP contribution in [0.15, 0.2) is 77.2 Å². The first-order valence-electron chi connectivity index (χ1n) is 8.54. The summed E-state index contributed by atoms with van der Waals surface area (Å²) in [4.78, 5) is 1.20. The molecule has 0 amide bonds. The van der Waals surface area contributed by atoms with E-state index in [9.17, 15) is 0 Å². The van der Waals surface area contributed by atoms with E-state index < -0.39 is 0 Å². The fourth-order valence-corrected chi connectivity index (χ4v) is 4.05. The fourth-order valence-electron chi connectivity index (χ4n) is 3.04. The van der Waals surface area contributed by atoms with Crippen molar-refractivity contribution in [1.82, 2.24) is 5.01 Å². The van der Waals surface area contributed by atoms with E-state index in [2.05, 4.69) is 54.0 Å². The number of thiocarbonyl (C=S) groups is 1. The van der Waals surface area contributed by atoms with Crippen molar-refractivity contribution in [3.8, 4) is 0 Å². The molecule has 1 atom stereocenters. The van der Waals surface area contributed by atoms with Crippen LogP contribution in [0.3, 0.4) is 0 Å². The third kappa shape index (κ3) is 3.54. The Labute approximate surface area is 163 Å². The largest absolute Gasteiger partial charge is 0.331 e. The molecule has 0 bridgehead atoms. The lowest BCUT2D eigenvalue weighted by molar-refractivity contribution is 0.375. The van der Waals surface area contributed by atoms with Gasteiger partial charge in [0.05, 0.1) is 16.6 Å². The molecule has 1 unspecified atom stereocenters. The van der Waals surface area contributed by atoms with Gasteiger partial charge in [0.25, 0.3) is 0 Å². The molecule has 1 aliphatic rings. The van der Waals surface area contributed by atoms with Crippen LogP contribution in [0, 0.1) is 6.92 Å². The van der Waals surface area contributed by atoms with Gasteiger partial charge in [0, 0.05) is 12.1 Å². The predicted molar refractivity (Wildman–Crippen MR) is 114 cm³/mol. The molecule has 3 aromatic rings. The average Bonchev–Trinajstić information content (AvgIpc) is 3.33. The van der Waals surface area contributed by atoms with Crippen molar-refractivity contribution in [3.63, 3.8) is 0 Å². The number of nitrogens with one attached hydrogen (secondary N) is 1. The number of thiophene rings is 1. The minimum atomic E-state index is 0.108. The summed E-state index contributed by atoms with van der Waals surface area (Å²) in [5.74, 6) is 0. The molecule has 26 heavy (non-hydrogen) atoms. The SMILES string of the molecule is Cc1ccc(C2CC(c3cccs3)=NN2C(=S)Nc2ccccc2)cc1. The van der Waals surface area contributed by atoms with Crippen molar-refractivity contribution in [2.24, 2.45) is 5.10 Å². The lowest BCUT2D eigenvalue weighted by Gasteiger charge is -2.25. The van der Waals surface area contributed by atoms with Gasteiger partial charge in [-0.05, 0) is 48.3 Å². The number of hydrogen-bond acceptors (Lipinski definition) is 3. The van der Waals surface area contributed by atoms with Crippen molar-refractivity contribution in [1.29, 1.82) is 0 Å². The van der Waals surface area contributed by atoms with Crippen LogP contribution in [0.5, 0.6) is 0 Å². The lowest BCUT2D eigenvalue weighted by atomic mass is 10.0. The van der Waals surface area contributed by atoms with Gasteiger partial charge in [0.15, 0.2) is 5.11 Å². The summed E-state index contributed by atoms with van der Waals surface area (Å²) in [6.45, 7) is 2.10. The molecule has 0 radical (unpaired) electrons. The molecule has 5 heteroatoms. The topological polar surface area (TPSA) is 27.6 Å². The minimum Gasteiger partial charge on any atom is -0.331 e. The Morgan fingerprint density at radius 2 is 1.85 bits per heavy atom. The fraction of sp³-hybridized carbons (Fsp3) is 0.143. The highest BCUT2D eigenvalue weighted by atomic mass is 32.1. The molecule has 4 rings (SSSR count). The van der Waals surface area contributed by atoms with Crippen molar-refractivity contribution in [2.75, 3.05) is 5.32 Å². The normalized spacial score (nSPS) is 16.4. The molecule has 1 aromatic heterocycles. The van der Waals surface area contributed by atoms with Gasteiger partial charge in [0.1, 0.15) is 0 Å². The van der Waals surface area contributed by atoms with Crippen molar-refractivity contribution in [2.45, 2.75) is 19.4 Å². The summed E-state index contributed by atoms with van der Waals surface area (Å²) >= 11 is 7.41. The summed E-state index contributed by atoms with van der Waals surface area (Å²) in [6, 6.07) is 22.9. The van der Waals surface area contributed by atoms with Crippen LogP contribution in [0.4, 0.5) is 5.69 Å². The first-order chi connectivity index (χ1) is 12.7. The molecule has 1 N–H and O–H groups in total. The predicted octanol–water partition coefficient (Wildman–Crippen LogP) is 5.60. The molecule has 0 spiro atoms. The van der Waals surface area contributed by atoms with E-state index in [4.69, 9.17) is 17.3 Å². The van der Waals surface area contributed by atoms with Gasteiger partial charge in [-0.25, -0.2) is 5.01 Å². The summed E-state index contributed by atoms with van der Waals surface area (Å²) in [5.41, 5.74) is 4.54. The smallest absolute Gasteiger partial charge is 0.194 e. The Morgan fingerprint density at radius 3 is 2.54 bits per heavy atom. The number of anilines is 1. The highest BCUT2D eigenvalue weighted by Gasteiger charge is 2.31. The van der Waals surface area contributed by atoms with E-state index in [-0.39, 0.29) is 6.04 Å². The minimum absolute atomic E-state index is 0.108. The zero-order chi connectivity index (χ0) is 17.9. The third-order valence-corrected chi connectivity index (χ3v) is 5.62. The van der Waals surface area contributed by atoms with Crippen molar-refractivity contribution in [3.05, 3.63) is 88.1 Å². The van der Waals surface area contributed by atoms with E-state index >= 15 is 0 Å². The van der Waals surface area contributed by atoms with Gasteiger partial charge in [0.2, 0.25) is 0 Å². The van der Waals surface area contributed by atoms with Gasteiger partial charge >= 0.3 is 0 Å². The molecular formula is C21H19N3S2.